The number of amides is 1. The van der Waals surface area contributed by atoms with Gasteiger partial charge in [-0.05, 0) is 31.9 Å². The van der Waals surface area contributed by atoms with Gasteiger partial charge < -0.3 is 15.4 Å². The molecule has 0 unspecified atom stereocenters. The molecular weight excluding hydrogens is 276 g/mol. The van der Waals surface area contributed by atoms with E-state index in [1.54, 1.807) is 6.92 Å². The van der Waals surface area contributed by atoms with E-state index in [0.717, 1.165) is 19.4 Å². The Bertz CT molecular complexity index is 465. The molecule has 0 aliphatic carbocycles. The minimum absolute atomic E-state index is 0.0208. The van der Waals surface area contributed by atoms with Gasteiger partial charge in [-0.1, -0.05) is 23.7 Å². The molecule has 1 aliphatic heterocycles. The Morgan fingerprint density at radius 2 is 2.30 bits per heavy atom. The lowest BCUT2D eigenvalue weighted by atomic mass is 9.98. The lowest BCUT2D eigenvalue weighted by Crippen LogP contribution is -2.47. The maximum Gasteiger partial charge on any atom is 0.239 e. The number of nitrogens with two attached hydrogens (primary N) is 1. The molecule has 1 aromatic carbocycles. The van der Waals surface area contributed by atoms with Crippen molar-refractivity contribution in [1.29, 1.82) is 0 Å². The van der Waals surface area contributed by atoms with Gasteiger partial charge in [0.2, 0.25) is 5.91 Å². The van der Waals surface area contributed by atoms with Gasteiger partial charge in [-0.25, -0.2) is 0 Å². The van der Waals surface area contributed by atoms with Gasteiger partial charge in [-0.15, -0.1) is 0 Å². The summed E-state index contributed by atoms with van der Waals surface area (Å²) in [6.07, 6.45) is 2.06. The van der Waals surface area contributed by atoms with Crippen molar-refractivity contribution >= 4 is 17.5 Å². The van der Waals surface area contributed by atoms with Gasteiger partial charge in [-0.2, -0.15) is 0 Å². The van der Waals surface area contributed by atoms with E-state index < -0.39 is 6.04 Å². The van der Waals surface area contributed by atoms with E-state index in [4.69, 9.17) is 22.1 Å². The van der Waals surface area contributed by atoms with Crippen LogP contribution in [-0.2, 0) is 4.79 Å². The van der Waals surface area contributed by atoms with Crippen molar-refractivity contribution in [3.05, 3.63) is 29.3 Å². The number of ether oxygens (including phenoxy) is 1. The molecule has 0 radical (unpaired) electrons. The summed E-state index contributed by atoms with van der Waals surface area (Å²) in [6.45, 7) is 3.81. The molecular formula is C15H21ClN2O2. The molecule has 2 rings (SSSR count). The van der Waals surface area contributed by atoms with Crippen molar-refractivity contribution in [2.45, 2.75) is 25.8 Å². The van der Waals surface area contributed by atoms with E-state index in [1.807, 2.05) is 29.2 Å². The minimum Gasteiger partial charge on any atom is -0.492 e. The Balaban J connectivity index is 1.87. The Morgan fingerprint density at radius 1 is 1.55 bits per heavy atom. The zero-order valence-corrected chi connectivity index (χ0v) is 12.5. The molecule has 1 saturated heterocycles. The molecule has 1 amide bonds. The van der Waals surface area contributed by atoms with Gasteiger partial charge >= 0.3 is 0 Å². The van der Waals surface area contributed by atoms with Gasteiger partial charge in [-0.3, -0.25) is 4.79 Å². The number of para-hydroxylation sites is 1. The molecule has 0 spiro atoms. The SMILES string of the molecule is C[C@H](N)C(=O)N1CCC[C@@H](COc2ccccc2Cl)C1. The third kappa shape index (κ3) is 3.87. The summed E-state index contributed by atoms with van der Waals surface area (Å²) in [5.41, 5.74) is 5.66. The van der Waals surface area contributed by atoms with Crippen molar-refractivity contribution < 1.29 is 9.53 Å². The van der Waals surface area contributed by atoms with Crippen LogP contribution in [0.2, 0.25) is 5.02 Å². The molecule has 2 atom stereocenters. The van der Waals surface area contributed by atoms with Crippen molar-refractivity contribution in [2.24, 2.45) is 11.7 Å². The summed E-state index contributed by atoms with van der Waals surface area (Å²) >= 11 is 6.06. The predicted octanol–water partition coefficient (Wildman–Crippen LogP) is 2.30. The molecule has 1 aromatic rings. The predicted molar refractivity (Wildman–Crippen MR) is 79.9 cm³/mol. The molecule has 1 heterocycles. The third-order valence-electron chi connectivity index (χ3n) is 3.53. The van der Waals surface area contributed by atoms with Gasteiger partial charge in [0.1, 0.15) is 5.75 Å². The van der Waals surface area contributed by atoms with Crippen LogP contribution in [0, 0.1) is 5.92 Å². The van der Waals surface area contributed by atoms with Crippen LogP contribution in [0.4, 0.5) is 0 Å². The number of rotatable bonds is 4. The third-order valence-corrected chi connectivity index (χ3v) is 3.84. The molecule has 110 valence electrons. The lowest BCUT2D eigenvalue weighted by molar-refractivity contribution is -0.134. The number of carbonyl (C=O) groups is 1. The highest BCUT2D eigenvalue weighted by Gasteiger charge is 2.25. The Hall–Kier alpha value is -1.26. The molecule has 0 bridgehead atoms. The molecule has 0 saturated carbocycles. The normalized spacial score (nSPS) is 20.6. The molecule has 0 aromatic heterocycles. The molecule has 20 heavy (non-hydrogen) atoms. The number of halogens is 1. The number of nitrogens with zero attached hydrogens (tertiary/aromatic N) is 1. The van der Waals surface area contributed by atoms with Crippen molar-refractivity contribution in [3.8, 4) is 5.75 Å². The monoisotopic (exact) mass is 296 g/mol. The Kier molecular flexibility index (Phi) is 5.26. The van der Waals surface area contributed by atoms with E-state index in [2.05, 4.69) is 0 Å². The lowest BCUT2D eigenvalue weighted by Gasteiger charge is -2.33. The fourth-order valence-electron chi connectivity index (χ4n) is 2.46. The number of benzene rings is 1. The topological polar surface area (TPSA) is 55.6 Å². The van der Waals surface area contributed by atoms with Gasteiger partial charge in [0, 0.05) is 19.0 Å². The Morgan fingerprint density at radius 3 is 3.00 bits per heavy atom. The second-order valence-electron chi connectivity index (χ2n) is 5.32. The smallest absolute Gasteiger partial charge is 0.239 e. The van der Waals surface area contributed by atoms with E-state index in [0.29, 0.717) is 29.8 Å². The van der Waals surface area contributed by atoms with E-state index in [-0.39, 0.29) is 5.91 Å². The first-order chi connectivity index (χ1) is 9.58. The summed E-state index contributed by atoms with van der Waals surface area (Å²) in [5, 5.41) is 0.617. The highest BCUT2D eigenvalue weighted by Crippen LogP contribution is 2.25. The van der Waals surface area contributed by atoms with Crippen LogP contribution >= 0.6 is 11.6 Å². The van der Waals surface area contributed by atoms with E-state index in [9.17, 15) is 4.79 Å². The first kappa shape index (κ1) is 15.1. The Labute approximate surface area is 124 Å². The maximum atomic E-state index is 11.9. The number of piperidine rings is 1. The number of hydrogen-bond acceptors (Lipinski definition) is 3. The molecule has 2 N–H and O–H groups in total. The van der Waals surface area contributed by atoms with Crippen LogP contribution in [0.3, 0.4) is 0 Å². The van der Waals surface area contributed by atoms with Crippen molar-refractivity contribution in [1.82, 2.24) is 4.90 Å². The summed E-state index contributed by atoms with van der Waals surface area (Å²) in [6, 6.07) is 7.00. The van der Waals surface area contributed by atoms with Crippen LogP contribution in [0.25, 0.3) is 0 Å². The standard InChI is InChI=1S/C15H21ClN2O2/c1-11(17)15(19)18-8-4-5-12(9-18)10-20-14-7-3-2-6-13(14)16/h2-3,6-7,11-12H,4-5,8-10,17H2,1H3/t11-,12+/m0/s1. The summed E-state index contributed by atoms with van der Waals surface area (Å²) in [4.78, 5) is 13.8. The van der Waals surface area contributed by atoms with E-state index in [1.165, 1.54) is 0 Å². The second kappa shape index (κ2) is 6.95. The van der Waals surface area contributed by atoms with Gasteiger partial charge in [0.05, 0.1) is 17.7 Å². The van der Waals surface area contributed by atoms with Crippen LogP contribution in [-0.4, -0.2) is 36.5 Å². The van der Waals surface area contributed by atoms with Gasteiger partial charge in [0.15, 0.2) is 0 Å². The molecule has 1 fully saturated rings. The number of hydrogen-bond donors (Lipinski definition) is 1. The average Bonchev–Trinajstić information content (AvgIpc) is 2.46. The zero-order chi connectivity index (χ0) is 14.5. The highest BCUT2D eigenvalue weighted by atomic mass is 35.5. The van der Waals surface area contributed by atoms with Gasteiger partial charge in [0.25, 0.3) is 0 Å². The number of likely N-dealkylation sites (tertiary alicyclic amines) is 1. The van der Waals surface area contributed by atoms with Crippen molar-refractivity contribution in [2.75, 3.05) is 19.7 Å². The summed E-state index contributed by atoms with van der Waals surface area (Å²) in [7, 11) is 0. The van der Waals surface area contributed by atoms with Crippen LogP contribution < -0.4 is 10.5 Å². The average molecular weight is 297 g/mol. The summed E-state index contributed by atoms with van der Waals surface area (Å²) < 4.78 is 5.76. The first-order valence-electron chi connectivity index (χ1n) is 6.99. The first-order valence-corrected chi connectivity index (χ1v) is 7.37. The summed E-state index contributed by atoms with van der Waals surface area (Å²) in [5.74, 6) is 1.06. The molecule has 4 nitrogen and oxygen atoms in total. The quantitative estimate of drug-likeness (QED) is 0.927. The zero-order valence-electron chi connectivity index (χ0n) is 11.7. The number of carbonyl (C=O) groups excluding carboxylic acids is 1. The van der Waals surface area contributed by atoms with Crippen LogP contribution in [0.1, 0.15) is 19.8 Å². The maximum absolute atomic E-state index is 11.9. The molecule has 5 heteroatoms. The van der Waals surface area contributed by atoms with Crippen LogP contribution in [0.15, 0.2) is 24.3 Å². The fraction of sp³-hybridized carbons (Fsp3) is 0.533. The second-order valence-corrected chi connectivity index (χ2v) is 5.73. The van der Waals surface area contributed by atoms with E-state index >= 15 is 0 Å². The fourth-order valence-corrected chi connectivity index (χ4v) is 2.65. The van der Waals surface area contributed by atoms with Crippen LogP contribution in [0.5, 0.6) is 5.75 Å². The highest BCUT2D eigenvalue weighted by molar-refractivity contribution is 6.32. The minimum atomic E-state index is -0.432. The molecule has 1 aliphatic rings. The largest absolute Gasteiger partial charge is 0.492 e. The van der Waals surface area contributed by atoms with Crippen molar-refractivity contribution in [3.63, 3.8) is 0 Å².